The summed E-state index contributed by atoms with van der Waals surface area (Å²) in [5.41, 5.74) is 1.08. The summed E-state index contributed by atoms with van der Waals surface area (Å²) in [6.45, 7) is 5.13. The largest absolute Gasteiger partial charge is 0.425 e. The predicted molar refractivity (Wildman–Crippen MR) is 102 cm³/mol. The molecule has 3 rings (SSSR count). The van der Waals surface area contributed by atoms with Crippen molar-refractivity contribution in [2.24, 2.45) is 5.92 Å². The molecule has 0 N–H and O–H groups in total. The molecule has 0 spiro atoms. The molecule has 1 heterocycles. The quantitative estimate of drug-likeness (QED) is 0.332. The van der Waals surface area contributed by atoms with Crippen molar-refractivity contribution in [1.82, 2.24) is 4.90 Å². The molecule has 0 saturated heterocycles. The molecule has 144 valence electrons. The third-order valence-electron chi connectivity index (χ3n) is 5.01. The Morgan fingerprint density at radius 3 is 1.96 bits per heavy atom. The second kappa shape index (κ2) is 7.76. The first kappa shape index (κ1) is 19.5. The summed E-state index contributed by atoms with van der Waals surface area (Å²) in [4.78, 5) is 50.9. The monoisotopic (exact) mass is 379 g/mol. The van der Waals surface area contributed by atoms with Gasteiger partial charge >= 0.3 is 5.97 Å². The zero-order valence-electron chi connectivity index (χ0n) is 16.0. The molecule has 0 radical (unpaired) electrons. The molecular formula is C22H21NO5. The predicted octanol–water partition coefficient (Wildman–Crippen LogP) is 3.51. The van der Waals surface area contributed by atoms with Crippen molar-refractivity contribution in [1.29, 1.82) is 0 Å². The molecule has 2 amide bonds. The van der Waals surface area contributed by atoms with Gasteiger partial charge in [-0.25, -0.2) is 4.79 Å². The van der Waals surface area contributed by atoms with Crippen LogP contribution < -0.4 is 4.74 Å². The number of nitrogens with zero attached hydrogens (tertiary/aromatic N) is 1. The van der Waals surface area contributed by atoms with Gasteiger partial charge in [-0.1, -0.05) is 32.4 Å². The van der Waals surface area contributed by atoms with Crippen molar-refractivity contribution in [2.45, 2.75) is 33.2 Å². The lowest BCUT2D eigenvalue weighted by Gasteiger charge is -2.28. The topological polar surface area (TPSA) is 80.8 Å². The number of fused-ring (bicyclic) bond motifs is 1. The Balaban J connectivity index is 1.88. The summed E-state index contributed by atoms with van der Waals surface area (Å²) in [6, 6.07) is 11.6. The van der Waals surface area contributed by atoms with Gasteiger partial charge in [0.15, 0.2) is 5.78 Å². The van der Waals surface area contributed by atoms with Crippen molar-refractivity contribution in [2.75, 3.05) is 0 Å². The summed E-state index contributed by atoms with van der Waals surface area (Å²) in [7, 11) is 0. The Morgan fingerprint density at radius 2 is 1.50 bits per heavy atom. The number of esters is 1. The summed E-state index contributed by atoms with van der Waals surface area (Å²) >= 11 is 0. The van der Waals surface area contributed by atoms with Crippen molar-refractivity contribution >= 4 is 23.6 Å². The fourth-order valence-corrected chi connectivity index (χ4v) is 3.21. The number of benzene rings is 2. The first-order chi connectivity index (χ1) is 13.3. The fraction of sp³-hybridized carbons (Fsp3) is 0.273. The Morgan fingerprint density at radius 1 is 0.964 bits per heavy atom. The molecule has 0 fully saturated rings. The van der Waals surface area contributed by atoms with Crippen LogP contribution >= 0.6 is 0 Å². The molecule has 2 aromatic carbocycles. The molecule has 28 heavy (non-hydrogen) atoms. The number of amides is 2. The minimum Gasteiger partial charge on any atom is -0.425 e. The van der Waals surface area contributed by atoms with Gasteiger partial charge in [-0.15, -0.1) is 0 Å². The van der Waals surface area contributed by atoms with E-state index in [0.717, 1.165) is 4.90 Å². The Kier molecular flexibility index (Phi) is 5.40. The average molecular weight is 379 g/mol. The van der Waals surface area contributed by atoms with Gasteiger partial charge in [-0.05, 0) is 49.2 Å². The third kappa shape index (κ3) is 3.45. The minimum absolute atomic E-state index is 0.0959. The number of carbonyl (C=O) groups is 4. The average Bonchev–Trinajstić information content (AvgIpc) is 2.94. The SMILES string of the molecule is CC[C@H](C)[C@@H](C(=O)Oc1ccc(C(C)=O)cc1)N1C(=O)c2ccccc2C1=O. The van der Waals surface area contributed by atoms with E-state index in [-0.39, 0.29) is 17.5 Å². The molecule has 0 bridgehead atoms. The lowest BCUT2D eigenvalue weighted by Crippen LogP contribution is -2.50. The van der Waals surface area contributed by atoms with E-state index in [1.807, 2.05) is 6.92 Å². The lowest BCUT2D eigenvalue weighted by atomic mass is 9.97. The zero-order chi connectivity index (χ0) is 20.4. The van der Waals surface area contributed by atoms with Crippen LogP contribution in [0.4, 0.5) is 0 Å². The molecule has 0 aromatic heterocycles. The Bertz CT molecular complexity index is 913. The van der Waals surface area contributed by atoms with Crippen LogP contribution in [0, 0.1) is 5.92 Å². The zero-order valence-corrected chi connectivity index (χ0v) is 16.0. The van der Waals surface area contributed by atoms with Gasteiger partial charge in [0.05, 0.1) is 11.1 Å². The number of imide groups is 1. The van der Waals surface area contributed by atoms with Gasteiger partial charge in [0, 0.05) is 5.56 Å². The maximum absolute atomic E-state index is 12.9. The molecule has 1 aliphatic heterocycles. The first-order valence-corrected chi connectivity index (χ1v) is 9.14. The number of hydrogen-bond acceptors (Lipinski definition) is 5. The van der Waals surface area contributed by atoms with Crippen molar-refractivity contribution in [3.8, 4) is 5.75 Å². The fourth-order valence-electron chi connectivity index (χ4n) is 3.21. The highest BCUT2D eigenvalue weighted by Crippen LogP contribution is 2.29. The number of rotatable bonds is 6. The molecule has 2 atom stereocenters. The van der Waals surface area contributed by atoms with Gasteiger partial charge in [0.1, 0.15) is 11.8 Å². The molecule has 2 aromatic rings. The summed E-state index contributed by atoms with van der Waals surface area (Å²) in [5.74, 6) is -1.79. The molecule has 0 aliphatic carbocycles. The second-order valence-corrected chi connectivity index (χ2v) is 6.86. The van der Waals surface area contributed by atoms with Gasteiger partial charge < -0.3 is 4.74 Å². The summed E-state index contributed by atoms with van der Waals surface area (Å²) in [6.07, 6.45) is 0.580. The van der Waals surface area contributed by atoms with Crippen LogP contribution in [-0.2, 0) is 4.79 Å². The molecule has 6 heteroatoms. The van der Waals surface area contributed by atoms with E-state index in [1.165, 1.54) is 19.1 Å². The van der Waals surface area contributed by atoms with Crippen LogP contribution in [0.3, 0.4) is 0 Å². The van der Waals surface area contributed by atoms with Crippen LogP contribution in [0.1, 0.15) is 58.3 Å². The van der Waals surface area contributed by atoms with Gasteiger partial charge in [0.2, 0.25) is 0 Å². The highest BCUT2D eigenvalue weighted by atomic mass is 16.5. The van der Waals surface area contributed by atoms with Gasteiger partial charge in [0.25, 0.3) is 11.8 Å². The van der Waals surface area contributed by atoms with Crippen LogP contribution in [0.2, 0.25) is 0 Å². The summed E-state index contributed by atoms with van der Waals surface area (Å²) < 4.78 is 5.45. The Hall–Kier alpha value is -3.28. The first-order valence-electron chi connectivity index (χ1n) is 9.14. The Labute approximate surface area is 163 Å². The maximum atomic E-state index is 12.9. The van der Waals surface area contributed by atoms with Gasteiger partial charge in [-0.3, -0.25) is 19.3 Å². The number of carbonyl (C=O) groups excluding carboxylic acids is 4. The number of ketones is 1. The molecule has 0 saturated carbocycles. The van der Waals surface area contributed by atoms with Crippen molar-refractivity contribution in [3.05, 3.63) is 65.2 Å². The maximum Gasteiger partial charge on any atom is 0.335 e. The molecule has 1 aliphatic rings. The number of Topliss-reactive ketones (excluding diaryl/α,β-unsaturated/α-hetero) is 1. The van der Waals surface area contributed by atoms with E-state index in [2.05, 4.69) is 0 Å². The molecule has 6 nitrogen and oxygen atoms in total. The van der Waals surface area contributed by atoms with E-state index in [0.29, 0.717) is 23.1 Å². The van der Waals surface area contributed by atoms with E-state index >= 15 is 0 Å². The normalized spacial score (nSPS) is 15.2. The van der Waals surface area contributed by atoms with Crippen molar-refractivity contribution in [3.63, 3.8) is 0 Å². The van der Waals surface area contributed by atoms with Crippen molar-refractivity contribution < 1.29 is 23.9 Å². The third-order valence-corrected chi connectivity index (χ3v) is 5.01. The van der Waals surface area contributed by atoms with E-state index in [9.17, 15) is 19.2 Å². The van der Waals surface area contributed by atoms with E-state index in [1.54, 1.807) is 43.3 Å². The number of ether oxygens (including phenoxy) is 1. The summed E-state index contributed by atoms with van der Waals surface area (Å²) in [5, 5.41) is 0. The van der Waals surface area contributed by atoms with Crippen LogP contribution in [0.25, 0.3) is 0 Å². The van der Waals surface area contributed by atoms with E-state index in [4.69, 9.17) is 4.74 Å². The smallest absolute Gasteiger partial charge is 0.335 e. The molecular weight excluding hydrogens is 358 g/mol. The standard InChI is InChI=1S/C22H21NO5/c1-4-13(2)19(22(27)28-16-11-9-15(10-12-16)14(3)24)23-20(25)17-7-5-6-8-18(17)21(23)26/h5-13,19H,4H2,1-3H3/t13-,19-/m0/s1. The minimum atomic E-state index is -1.04. The van der Waals surface area contributed by atoms with Crippen LogP contribution in [0.5, 0.6) is 5.75 Å². The molecule has 0 unspecified atom stereocenters. The van der Waals surface area contributed by atoms with Crippen LogP contribution in [-0.4, -0.2) is 34.5 Å². The van der Waals surface area contributed by atoms with E-state index < -0.39 is 23.8 Å². The highest BCUT2D eigenvalue weighted by molar-refractivity contribution is 6.22. The lowest BCUT2D eigenvalue weighted by molar-refractivity contribution is -0.140. The van der Waals surface area contributed by atoms with Gasteiger partial charge in [-0.2, -0.15) is 0 Å². The van der Waals surface area contributed by atoms with Crippen LogP contribution in [0.15, 0.2) is 48.5 Å². The second-order valence-electron chi connectivity index (χ2n) is 6.86. The highest BCUT2D eigenvalue weighted by Gasteiger charge is 2.45. The number of hydrogen-bond donors (Lipinski definition) is 0.